The summed E-state index contributed by atoms with van der Waals surface area (Å²) in [6, 6.07) is 4.08. The molecule has 0 saturated heterocycles. The summed E-state index contributed by atoms with van der Waals surface area (Å²) in [5.74, 6) is 0. The van der Waals surface area contributed by atoms with Crippen LogP contribution in [0.15, 0.2) is 32.7 Å². The van der Waals surface area contributed by atoms with Gasteiger partial charge in [0.2, 0.25) is 10.0 Å². The van der Waals surface area contributed by atoms with E-state index in [-0.39, 0.29) is 17.0 Å². The van der Waals surface area contributed by atoms with Crippen LogP contribution in [0.4, 0.5) is 0 Å². The van der Waals surface area contributed by atoms with Gasteiger partial charge in [-0.25, -0.2) is 13.1 Å². The fourth-order valence-electron chi connectivity index (χ4n) is 1.77. The molecule has 0 fully saturated rings. The second-order valence-electron chi connectivity index (χ2n) is 4.36. The Balaban J connectivity index is 2.31. The van der Waals surface area contributed by atoms with E-state index in [1.165, 1.54) is 25.3 Å². The van der Waals surface area contributed by atoms with Gasteiger partial charge in [0.25, 0.3) is 0 Å². The molecule has 8 nitrogen and oxygen atoms in total. The van der Waals surface area contributed by atoms with Crippen molar-refractivity contribution in [2.45, 2.75) is 11.3 Å². The minimum absolute atomic E-state index is 0.00937. The third kappa shape index (κ3) is 3.57. The molecule has 0 saturated carbocycles. The Kier molecular flexibility index (Phi) is 4.56. The van der Waals surface area contributed by atoms with Gasteiger partial charge in [-0.1, -0.05) is 0 Å². The van der Waals surface area contributed by atoms with Crippen LogP contribution in [-0.2, 0) is 14.8 Å². The number of ether oxygens (including phenoxy) is 1. The molecule has 0 radical (unpaired) electrons. The summed E-state index contributed by atoms with van der Waals surface area (Å²) in [5.41, 5.74) is -1.00. The predicted octanol–water partition coefficient (Wildman–Crippen LogP) is -0.469. The molecule has 2 rings (SSSR count). The van der Waals surface area contributed by atoms with Crippen LogP contribution < -0.4 is 15.8 Å². The van der Waals surface area contributed by atoms with E-state index in [9.17, 15) is 18.0 Å². The van der Waals surface area contributed by atoms with Gasteiger partial charge in [-0.3, -0.25) is 9.59 Å². The summed E-state index contributed by atoms with van der Waals surface area (Å²) in [7, 11) is -2.14. The molecule has 0 aliphatic carbocycles. The van der Waals surface area contributed by atoms with Crippen molar-refractivity contribution in [2.75, 3.05) is 20.3 Å². The zero-order valence-electron chi connectivity index (χ0n) is 11.3. The summed E-state index contributed by atoms with van der Waals surface area (Å²) in [5, 5.41) is 0. The molecule has 1 heterocycles. The summed E-state index contributed by atoms with van der Waals surface area (Å²) in [6.07, 6.45) is 0.549. The van der Waals surface area contributed by atoms with Crippen LogP contribution in [0, 0.1) is 0 Å². The van der Waals surface area contributed by atoms with Crippen molar-refractivity contribution < 1.29 is 13.2 Å². The SMILES string of the molecule is COCCCNS(=O)(=O)c1ccc2[nH]c(=O)c(=O)[nH]c2c1. The number of aromatic amines is 2. The largest absolute Gasteiger partial charge is 0.385 e. The normalized spacial score (nSPS) is 11.9. The molecular formula is C12H15N3O5S. The number of sulfonamides is 1. The third-order valence-electron chi connectivity index (χ3n) is 2.82. The highest BCUT2D eigenvalue weighted by Crippen LogP contribution is 2.14. The third-order valence-corrected chi connectivity index (χ3v) is 4.28. The van der Waals surface area contributed by atoms with Crippen molar-refractivity contribution in [1.82, 2.24) is 14.7 Å². The summed E-state index contributed by atoms with van der Waals surface area (Å²) in [6.45, 7) is 0.700. The van der Waals surface area contributed by atoms with Crippen molar-refractivity contribution in [2.24, 2.45) is 0 Å². The highest BCUT2D eigenvalue weighted by molar-refractivity contribution is 7.89. The lowest BCUT2D eigenvalue weighted by atomic mass is 10.3. The average molecular weight is 313 g/mol. The van der Waals surface area contributed by atoms with Gasteiger partial charge < -0.3 is 14.7 Å². The molecule has 0 aliphatic rings. The van der Waals surface area contributed by atoms with Gasteiger partial charge >= 0.3 is 11.1 Å². The van der Waals surface area contributed by atoms with Crippen molar-refractivity contribution >= 4 is 21.1 Å². The Hall–Kier alpha value is -1.97. The first-order chi connectivity index (χ1) is 9.94. The van der Waals surface area contributed by atoms with Gasteiger partial charge in [-0.2, -0.15) is 0 Å². The van der Waals surface area contributed by atoms with Crippen molar-refractivity contribution in [1.29, 1.82) is 0 Å². The van der Waals surface area contributed by atoms with E-state index < -0.39 is 21.1 Å². The Bertz CT molecular complexity index is 853. The fraction of sp³-hybridized carbons (Fsp3) is 0.333. The maximum absolute atomic E-state index is 12.1. The van der Waals surface area contributed by atoms with Gasteiger partial charge in [0.1, 0.15) is 0 Å². The molecule has 0 unspecified atom stereocenters. The maximum atomic E-state index is 12.1. The topological polar surface area (TPSA) is 121 Å². The summed E-state index contributed by atoms with van der Waals surface area (Å²) in [4.78, 5) is 27.1. The van der Waals surface area contributed by atoms with Crippen LogP contribution in [0.5, 0.6) is 0 Å². The quantitative estimate of drug-likeness (QED) is 0.492. The molecule has 21 heavy (non-hydrogen) atoms. The molecular weight excluding hydrogens is 298 g/mol. The molecule has 0 bridgehead atoms. The van der Waals surface area contributed by atoms with Gasteiger partial charge in [0.05, 0.1) is 15.9 Å². The van der Waals surface area contributed by atoms with Crippen molar-refractivity contribution in [3.63, 3.8) is 0 Å². The fourth-order valence-corrected chi connectivity index (χ4v) is 2.87. The first-order valence-corrected chi connectivity index (χ1v) is 7.67. The van der Waals surface area contributed by atoms with E-state index in [0.717, 1.165) is 0 Å². The van der Waals surface area contributed by atoms with Crippen LogP contribution in [0.3, 0.4) is 0 Å². The number of hydrogen-bond donors (Lipinski definition) is 3. The molecule has 1 aromatic carbocycles. The minimum atomic E-state index is -3.67. The van der Waals surface area contributed by atoms with Crippen LogP contribution in [0.25, 0.3) is 11.0 Å². The van der Waals surface area contributed by atoms with E-state index >= 15 is 0 Å². The number of fused-ring (bicyclic) bond motifs is 1. The number of benzene rings is 1. The zero-order chi connectivity index (χ0) is 15.5. The lowest BCUT2D eigenvalue weighted by Gasteiger charge is -2.07. The lowest BCUT2D eigenvalue weighted by molar-refractivity contribution is 0.196. The molecule has 0 aliphatic heterocycles. The summed E-state index contributed by atoms with van der Waals surface area (Å²) >= 11 is 0. The number of H-pyrrole nitrogens is 2. The Morgan fingerprint density at radius 1 is 1.14 bits per heavy atom. The van der Waals surface area contributed by atoms with Gasteiger partial charge in [0.15, 0.2) is 0 Å². The van der Waals surface area contributed by atoms with Gasteiger partial charge in [-0.15, -0.1) is 0 Å². The van der Waals surface area contributed by atoms with E-state index in [2.05, 4.69) is 14.7 Å². The number of nitrogens with one attached hydrogen (secondary N) is 3. The molecule has 3 N–H and O–H groups in total. The molecule has 0 spiro atoms. The molecule has 0 amide bonds. The molecule has 1 aromatic heterocycles. The lowest BCUT2D eigenvalue weighted by Crippen LogP contribution is -2.29. The number of aromatic nitrogens is 2. The second kappa shape index (κ2) is 6.20. The predicted molar refractivity (Wildman–Crippen MR) is 76.9 cm³/mol. The average Bonchev–Trinajstić information content (AvgIpc) is 2.44. The second-order valence-corrected chi connectivity index (χ2v) is 6.13. The smallest absolute Gasteiger partial charge is 0.314 e. The van der Waals surface area contributed by atoms with E-state index in [1.54, 1.807) is 0 Å². The number of hydrogen-bond acceptors (Lipinski definition) is 5. The standard InChI is InChI=1S/C12H15N3O5S/c1-20-6-2-5-13-21(18,19)8-3-4-9-10(7-8)15-12(17)11(16)14-9/h3-4,7,13H,2,5-6H2,1H3,(H,14,16)(H,15,17). The summed E-state index contributed by atoms with van der Waals surface area (Å²) < 4.78 is 31.4. The Morgan fingerprint density at radius 3 is 2.48 bits per heavy atom. The number of methoxy groups -OCH3 is 1. The Labute approximate surface area is 120 Å². The van der Waals surface area contributed by atoms with Crippen LogP contribution in [0.2, 0.25) is 0 Å². The van der Waals surface area contributed by atoms with Crippen LogP contribution >= 0.6 is 0 Å². The maximum Gasteiger partial charge on any atom is 0.314 e. The van der Waals surface area contributed by atoms with Crippen molar-refractivity contribution in [3.8, 4) is 0 Å². The molecule has 114 valence electrons. The van der Waals surface area contributed by atoms with Gasteiger partial charge in [0, 0.05) is 20.3 Å². The molecule has 9 heteroatoms. The van der Waals surface area contributed by atoms with Crippen LogP contribution in [-0.4, -0.2) is 38.6 Å². The van der Waals surface area contributed by atoms with Crippen LogP contribution in [0.1, 0.15) is 6.42 Å². The van der Waals surface area contributed by atoms with Crippen molar-refractivity contribution in [3.05, 3.63) is 38.9 Å². The Morgan fingerprint density at radius 2 is 1.81 bits per heavy atom. The first-order valence-electron chi connectivity index (χ1n) is 6.19. The van der Waals surface area contributed by atoms with Gasteiger partial charge in [-0.05, 0) is 24.6 Å². The molecule has 2 aromatic rings. The highest BCUT2D eigenvalue weighted by Gasteiger charge is 2.14. The van der Waals surface area contributed by atoms with E-state index in [1.807, 2.05) is 0 Å². The minimum Gasteiger partial charge on any atom is -0.385 e. The highest BCUT2D eigenvalue weighted by atomic mass is 32.2. The zero-order valence-corrected chi connectivity index (χ0v) is 12.1. The number of rotatable bonds is 6. The van der Waals surface area contributed by atoms with E-state index in [0.29, 0.717) is 18.5 Å². The first kappa shape index (κ1) is 15.4. The van der Waals surface area contributed by atoms with E-state index in [4.69, 9.17) is 4.74 Å². The molecule has 0 atom stereocenters. The monoisotopic (exact) mass is 313 g/mol.